The van der Waals surface area contributed by atoms with E-state index in [0.717, 1.165) is 0 Å². The lowest BCUT2D eigenvalue weighted by Gasteiger charge is -2.28. The van der Waals surface area contributed by atoms with Crippen LogP contribution in [0.4, 0.5) is 13.2 Å². The molecule has 0 bridgehead atoms. The first-order valence-electron chi connectivity index (χ1n) is 5.64. The summed E-state index contributed by atoms with van der Waals surface area (Å²) in [7, 11) is 0. The third-order valence-corrected chi connectivity index (χ3v) is 3.50. The van der Waals surface area contributed by atoms with Crippen LogP contribution in [0.3, 0.4) is 0 Å². The molecular formula is C10H10ClF3N2O5. The monoisotopic (exact) mass is 330 g/mol. The van der Waals surface area contributed by atoms with E-state index in [0.29, 0.717) is 10.8 Å². The number of ether oxygens (including phenoxy) is 1. The van der Waals surface area contributed by atoms with Crippen LogP contribution in [0, 0.1) is 0 Å². The number of nitrogens with one attached hydrogen (secondary N) is 1. The van der Waals surface area contributed by atoms with E-state index < -0.39 is 53.4 Å². The maximum Gasteiger partial charge on any atom is 0.330 e. The van der Waals surface area contributed by atoms with E-state index >= 15 is 0 Å². The van der Waals surface area contributed by atoms with Gasteiger partial charge in [-0.3, -0.25) is 14.3 Å². The summed E-state index contributed by atoms with van der Waals surface area (Å²) >= 11 is 5.47. The SMILES string of the molecule is O=c1[nH]c(=O)n(C2OC(CO)(C(F)F)C(O)C2F)cc1Cl. The smallest absolute Gasteiger partial charge is 0.330 e. The Morgan fingerprint density at radius 2 is 2.14 bits per heavy atom. The highest BCUT2D eigenvalue weighted by molar-refractivity contribution is 6.30. The molecule has 4 atom stereocenters. The first-order chi connectivity index (χ1) is 9.74. The van der Waals surface area contributed by atoms with Crippen LogP contribution in [0.15, 0.2) is 15.8 Å². The zero-order chi connectivity index (χ0) is 15.9. The molecule has 11 heteroatoms. The molecule has 1 aliphatic rings. The van der Waals surface area contributed by atoms with Crippen molar-refractivity contribution < 1.29 is 28.1 Å². The maximum absolute atomic E-state index is 14.0. The number of aromatic amines is 1. The van der Waals surface area contributed by atoms with Crippen LogP contribution < -0.4 is 11.2 Å². The Morgan fingerprint density at radius 3 is 2.62 bits per heavy atom. The van der Waals surface area contributed by atoms with Gasteiger partial charge in [0.2, 0.25) is 0 Å². The number of aliphatic hydroxyl groups is 2. The molecule has 0 aromatic carbocycles. The average Bonchev–Trinajstić information content (AvgIpc) is 2.68. The van der Waals surface area contributed by atoms with Gasteiger partial charge in [-0.15, -0.1) is 0 Å². The van der Waals surface area contributed by atoms with Crippen molar-refractivity contribution in [1.82, 2.24) is 9.55 Å². The van der Waals surface area contributed by atoms with E-state index in [1.54, 1.807) is 4.98 Å². The summed E-state index contributed by atoms with van der Waals surface area (Å²) in [6.07, 6.45) is -9.49. The third kappa shape index (κ3) is 2.37. The van der Waals surface area contributed by atoms with Crippen molar-refractivity contribution in [3.05, 3.63) is 32.1 Å². The van der Waals surface area contributed by atoms with Crippen LogP contribution in [-0.4, -0.2) is 50.7 Å². The van der Waals surface area contributed by atoms with Crippen molar-refractivity contribution in [3.63, 3.8) is 0 Å². The lowest BCUT2D eigenvalue weighted by Crippen LogP contribution is -2.51. The second kappa shape index (κ2) is 5.44. The molecule has 0 aliphatic carbocycles. The Balaban J connectivity index is 2.50. The van der Waals surface area contributed by atoms with Gasteiger partial charge >= 0.3 is 5.69 Å². The van der Waals surface area contributed by atoms with Gasteiger partial charge in [-0.05, 0) is 0 Å². The number of halogens is 4. The molecule has 1 saturated heterocycles. The molecule has 1 aliphatic heterocycles. The second-order valence-corrected chi connectivity index (χ2v) is 4.86. The zero-order valence-corrected chi connectivity index (χ0v) is 10.9. The first-order valence-corrected chi connectivity index (χ1v) is 6.02. The van der Waals surface area contributed by atoms with Gasteiger partial charge in [0.1, 0.15) is 11.1 Å². The van der Waals surface area contributed by atoms with Gasteiger partial charge in [-0.2, -0.15) is 0 Å². The van der Waals surface area contributed by atoms with Gasteiger partial charge in [0.25, 0.3) is 12.0 Å². The maximum atomic E-state index is 14.0. The fraction of sp³-hybridized carbons (Fsp3) is 0.600. The highest BCUT2D eigenvalue weighted by Crippen LogP contribution is 2.41. The molecule has 4 unspecified atom stereocenters. The minimum atomic E-state index is -3.41. The van der Waals surface area contributed by atoms with Crippen LogP contribution in [-0.2, 0) is 4.74 Å². The molecular weight excluding hydrogens is 321 g/mol. The Kier molecular flexibility index (Phi) is 4.15. The quantitative estimate of drug-likeness (QED) is 0.687. The number of hydrogen-bond acceptors (Lipinski definition) is 5. The minimum Gasteiger partial charge on any atom is -0.393 e. The summed E-state index contributed by atoms with van der Waals surface area (Å²) in [6.45, 7) is -1.37. The Bertz CT molecular complexity index is 650. The number of aromatic nitrogens is 2. The molecule has 118 valence electrons. The van der Waals surface area contributed by atoms with Gasteiger partial charge in [-0.25, -0.2) is 18.0 Å². The Morgan fingerprint density at radius 1 is 1.52 bits per heavy atom. The lowest BCUT2D eigenvalue weighted by atomic mass is 9.97. The molecule has 0 spiro atoms. The normalized spacial score (nSPS) is 32.8. The molecule has 21 heavy (non-hydrogen) atoms. The van der Waals surface area contributed by atoms with Crippen molar-refractivity contribution in [2.45, 2.75) is 30.5 Å². The summed E-state index contributed by atoms with van der Waals surface area (Å²) in [4.78, 5) is 24.4. The number of hydrogen-bond donors (Lipinski definition) is 3. The van der Waals surface area contributed by atoms with Gasteiger partial charge in [0, 0.05) is 6.20 Å². The Hall–Kier alpha value is -1.36. The number of H-pyrrole nitrogens is 1. The third-order valence-electron chi connectivity index (χ3n) is 3.23. The van der Waals surface area contributed by atoms with Crippen molar-refractivity contribution >= 4 is 11.6 Å². The molecule has 2 rings (SSSR count). The fourth-order valence-electron chi connectivity index (χ4n) is 2.03. The molecule has 3 N–H and O–H groups in total. The van der Waals surface area contributed by atoms with E-state index in [-0.39, 0.29) is 0 Å². The number of rotatable bonds is 3. The first kappa shape index (κ1) is 16.0. The van der Waals surface area contributed by atoms with Crippen LogP contribution in [0.5, 0.6) is 0 Å². The van der Waals surface area contributed by atoms with Crippen LogP contribution in [0.1, 0.15) is 6.23 Å². The summed E-state index contributed by atoms with van der Waals surface area (Å²) in [5.41, 5.74) is -4.98. The van der Waals surface area contributed by atoms with Crippen LogP contribution in [0.25, 0.3) is 0 Å². The largest absolute Gasteiger partial charge is 0.393 e. The standard InChI is InChI=1S/C10H10ClF3N2O5/c11-3-1-16(9(20)15-6(3)19)7-4(12)5(18)10(2-17,21-7)8(13)14/h1,4-5,7-8,17-18H,2H2,(H,15,19,20). The van der Waals surface area contributed by atoms with Gasteiger partial charge < -0.3 is 14.9 Å². The predicted molar refractivity (Wildman–Crippen MR) is 63.2 cm³/mol. The van der Waals surface area contributed by atoms with Gasteiger partial charge in [-0.1, -0.05) is 11.6 Å². The van der Waals surface area contributed by atoms with E-state index in [1.807, 2.05) is 0 Å². The van der Waals surface area contributed by atoms with Gasteiger partial charge in [0.15, 0.2) is 18.0 Å². The van der Waals surface area contributed by atoms with Crippen molar-refractivity contribution in [1.29, 1.82) is 0 Å². The van der Waals surface area contributed by atoms with E-state index in [4.69, 9.17) is 21.4 Å². The van der Waals surface area contributed by atoms with E-state index in [1.165, 1.54) is 0 Å². The van der Waals surface area contributed by atoms with Crippen molar-refractivity contribution in [3.8, 4) is 0 Å². The second-order valence-electron chi connectivity index (χ2n) is 4.46. The molecule has 2 heterocycles. The average molecular weight is 331 g/mol. The Labute approximate surface area is 119 Å². The topological polar surface area (TPSA) is 105 Å². The molecule has 0 amide bonds. The summed E-state index contributed by atoms with van der Waals surface area (Å²) in [5.74, 6) is 0. The molecule has 0 saturated carbocycles. The van der Waals surface area contributed by atoms with E-state index in [9.17, 15) is 27.9 Å². The van der Waals surface area contributed by atoms with Crippen molar-refractivity contribution in [2.24, 2.45) is 0 Å². The molecule has 1 aromatic heterocycles. The number of aliphatic hydroxyl groups excluding tert-OH is 2. The predicted octanol–water partition coefficient (Wildman–Crippen LogP) is -0.586. The van der Waals surface area contributed by atoms with Crippen molar-refractivity contribution in [2.75, 3.05) is 6.61 Å². The zero-order valence-electron chi connectivity index (χ0n) is 10.2. The number of nitrogens with zero attached hydrogens (tertiary/aromatic N) is 1. The lowest BCUT2D eigenvalue weighted by molar-refractivity contribution is -0.195. The highest BCUT2D eigenvalue weighted by atomic mass is 35.5. The van der Waals surface area contributed by atoms with E-state index in [2.05, 4.69) is 0 Å². The van der Waals surface area contributed by atoms with Crippen LogP contribution >= 0.6 is 11.6 Å². The fourth-order valence-corrected chi connectivity index (χ4v) is 2.18. The van der Waals surface area contributed by atoms with Gasteiger partial charge in [0.05, 0.1) is 6.61 Å². The molecule has 1 aromatic rings. The molecule has 1 fully saturated rings. The molecule has 7 nitrogen and oxygen atoms in total. The molecule has 0 radical (unpaired) electrons. The summed E-state index contributed by atoms with van der Waals surface area (Å²) in [6, 6.07) is 0. The summed E-state index contributed by atoms with van der Waals surface area (Å²) < 4.78 is 45.1. The summed E-state index contributed by atoms with van der Waals surface area (Å²) in [5, 5.41) is 18.1. The number of alkyl halides is 3. The minimum absolute atomic E-state index is 0.428. The van der Waals surface area contributed by atoms with Crippen LogP contribution in [0.2, 0.25) is 5.02 Å². The highest BCUT2D eigenvalue weighted by Gasteiger charge is 2.61.